The molecule has 0 radical (unpaired) electrons. The van der Waals surface area contributed by atoms with Crippen LogP contribution < -0.4 is 10.5 Å². The molecule has 64 valence electrons. The summed E-state index contributed by atoms with van der Waals surface area (Å²) in [6.45, 7) is 2.21. The number of benzene rings is 1. The van der Waals surface area contributed by atoms with Crippen molar-refractivity contribution in [1.82, 2.24) is 0 Å². The van der Waals surface area contributed by atoms with E-state index in [0.717, 1.165) is 5.56 Å². The van der Waals surface area contributed by atoms with E-state index in [1.165, 1.54) is 6.07 Å². The Balaban J connectivity index is 2.60. The lowest BCUT2D eigenvalue weighted by Crippen LogP contribution is -2.12. The first-order valence-corrected chi connectivity index (χ1v) is 3.87. The van der Waals surface area contributed by atoms with Crippen molar-refractivity contribution in [1.29, 1.82) is 0 Å². The second-order valence-corrected chi connectivity index (χ2v) is 3.08. The molecule has 12 heavy (non-hydrogen) atoms. The fourth-order valence-corrected chi connectivity index (χ4v) is 1.46. The number of hydrogen-bond donors (Lipinski definition) is 1. The normalized spacial score (nSPS) is 20.4. The van der Waals surface area contributed by atoms with E-state index in [2.05, 4.69) is 0 Å². The zero-order chi connectivity index (χ0) is 8.72. The first-order valence-electron chi connectivity index (χ1n) is 3.87. The third-order valence-corrected chi connectivity index (χ3v) is 2.03. The Hall–Kier alpha value is -1.09. The summed E-state index contributed by atoms with van der Waals surface area (Å²) in [5.41, 5.74) is 7.01. The van der Waals surface area contributed by atoms with Crippen LogP contribution >= 0.6 is 0 Å². The number of aryl methyl sites for hydroxylation is 1. The maximum absolute atomic E-state index is 13.2. The van der Waals surface area contributed by atoms with Crippen molar-refractivity contribution in [2.24, 2.45) is 5.73 Å². The van der Waals surface area contributed by atoms with E-state index >= 15 is 0 Å². The van der Waals surface area contributed by atoms with Crippen molar-refractivity contribution in [2.45, 2.75) is 13.0 Å². The highest BCUT2D eigenvalue weighted by Gasteiger charge is 2.24. The van der Waals surface area contributed by atoms with Crippen LogP contribution in [0, 0.1) is 12.7 Å². The van der Waals surface area contributed by atoms with E-state index in [-0.39, 0.29) is 11.9 Å². The van der Waals surface area contributed by atoms with Crippen molar-refractivity contribution in [3.8, 4) is 5.75 Å². The number of hydrogen-bond acceptors (Lipinski definition) is 2. The minimum absolute atomic E-state index is 0.255. The second-order valence-electron chi connectivity index (χ2n) is 3.08. The summed E-state index contributed by atoms with van der Waals surface area (Å²) in [4.78, 5) is 0. The standard InChI is InChI=1S/C9H10FNO/c1-5-2-6(10)9-7(11)4-12-8(9)3-5/h2-3,7H,4,11H2,1H3/t7-/m0/s1. The molecule has 1 aliphatic rings. The minimum Gasteiger partial charge on any atom is -0.491 e. The van der Waals surface area contributed by atoms with Gasteiger partial charge in [-0.05, 0) is 24.6 Å². The van der Waals surface area contributed by atoms with E-state index in [4.69, 9.17) is 10.5 Å². The Morgan fingerprint density at radius 2 is 2.33 bits per heavy atom. The molecule has 0 aliphatic carbocycles. The molecular formula is C9H10FNO. The zero-order valence-electron chi connectivity index (χ0n) is 6.80. The van der Waals surface area contributed by atoms with Gasteiger partial charge in [-0.2, -0.15) is 0 Å². The van der Waals surface area contributed by atoms with Gasteiger partial charge in [0, 0.05) is 5.56 Å². The molecular weight excluding hydrogens is 157 g/mol. The smallest absolute Gasteiger partial charge is 0.132 e. The van der Waals surface area contributed by atoms with Gasteiger partial charge >= 0.3 is 0 Å². The molecule has 0 aromatic heterocycles. The van der Waals surface area contributed by atoms with E-state index in [1.807, 2.05) is 13.0 Å². The lowest BCUT2D eigenvalue weighted by molar-refractivity contribution is 0.333. The van der Waals surface area contributed by atoms with Crippen molar-refractivity contribution in [2.75, 3.05) is 6.61 Å². The van der Waals surface area contributed by atoms with Gasteiger partial charge < -0.3 is 10.5 Å². The fraction of sp³-hybridized carbons (Fsp3) is 0.333. The van der Waals surface area contributed by atoms with Crippen LogP contribution in [0.4, 0.5) is 4.39 Å². The quantitative estimate of drug-likeness (QED) is 0.636. The maximum Gasteiger partial charge on any atom is 0.132 e. The van der Waals surface area contributed by atoms with Crippen LogP contribution in [-0.2, 0) is 0 Å². The number of ether oxygens (including phenoxy) is 1. The van der Waals surface area contributed by atoms with Gasteiger partial charge in [0.2, 0.25) is 0 Å². The van der Waals surface area contributed by atoms with Crippen LogP contribution in [0.3, 0.4) is 0 Å². The van der Waals surface area contributed by atoms with Crippen LogP contribution in [0.2, 0.25) is 0 Å². The topological polar surface area (TPSA) is 35.2 Å². The number of fused-ring (bicyclic) bond motifs is 1. The van der Waals surface area contributed by atoms with Crippen LogP contribution in [0.15, 0.2) is 12.1 Å². The molecule has 1 atom stereocenters. The van der Waals surface area contributed by atoms with Gasteiger partial charge in [-0.3, -0.25) is 0 Å². The Morgan fingerprint density at radius 3 is 3.08 bits per heavy atom. The summed E-state index contributed by atoms with van der Waals surface area (Å²) in [6.07, 6.45) is 0. The molecule has 0 saturated carbocycles. The summed E-state index contributed by atoms with van der Waals surface area (Å²) in [7, 11) is 0. The van der Waals surface area contributed by atoms with E-state index < -0.39 is 0 Å². The van der Waals surface area contributed by atoms with Crippen LogP contribution in [0.25, 0.3) is 0 Å². The molecule has 2 N–H and O–H groups in total. The van der Waals surface area contributed by atoms with Crippen molar-refractivity contribution in [3.05, 3.63) is 29.1 Å². The molecule has 0 unspecified atom stereocenters. The molecule has 1 aliphatic heterocycles. The molecule has 2 nitrogen and oxygen atoms in total. The third-order valence-electron chi connectivity index (χ3n) is 2.03. The summed E-state index contributed by atoms with van der Waals surface area (Å²) in [5.74, 6) is 0.343. The summed E-state index contributed by atoms with van der Waals surface area (Å²) >= 11 is 0. The summed E-state index contributed by atoms with van der Waals surface area (Å²) in [6, 6.07) is 2.99. The number of rotatable bonds is 0. The predicted octanol–water partition coefficient (Wildman–Crippen LogP) is 1.53. The molecule has 2 rings (SSSR count). The van der Waals surface area contributed by atoms with Crippen LogP contribution in [0.1, 0.15) is 17.2 Å². The first kappa shape index (κ1) is 7.55. The van der Waals surface area contributed by atoms with Crippen molar-refractivity contribution >= 4 is 0 Å². The van der Waals surface area contributed by atoms with Crippen molar-refractivity contribution in [3.63, 3.8) is 0 Å². The maximum atomic E-state index is 13.2. The largest absolute Gasteiger partial charge is 0.491 e. The second kappa shape index (κ2) is 2.45. The summed E-state index contributed by atoms with van der Waals surface area (Å²) < 4.78 is 18.4. The Labute approximate surface area is 70.1 Å². The summed E-state index contributed by atoms with van der Waals surface area (Å²) in [5, 5.41) is 0. The molecule has 3 heteroatoms. The van der Waals surface area contributed by atoms with Gasteiger partial charge in [-0.15, -0.1) is 0 Å². The monoisotopic (exact) mass is 167 g/mol. The van der Waals surface area contributed by atoms with Gasteiger partial charge in [-0.1, -0.05) is 0 Å². The van der Waals surface area contributed by atoms with Gasteiger partial charge in [0.25, 0.3) is 0 Å². The highest BCUT2D eigenvalue weighted by molar-refractivity contribution is 5.43. The molecule has 0 fully saturated rings. The zero-order valence-corrected chi connectivity index (χ0v) is 6.80. The average Bonchev–Trinajstić information content (AvgIpc) is 2.31. The molecule has 0 bridgehead atoms. The van der Waals surface area contributed by atoms with Crippen molar-refractivity contribution < 1.29 is 9.13 Å². The molecule has 1 aromatic rings. The highest BCUT2D eigenvalue weighted by Crippen LogP contribution is 2.33. The molecule has 0 saturated heterocycles. The van der Waals surface area contributed by atoms with Crippen LogP contribution in [0.5, 0.6) is 5.75 Å². The Morgan fingerprint density at radius 1 is 1.58 bits per heavy atom. The first-order chi connectivity index (χ1) is 5.68. The lowest BCUT2D eigenvalue weighted by Gasteiger charge is -2.03. The third kappa shape index (κ3) is 0.975. The molecule has 0 spiro atoms. The van der Waals surface area contributed by atoms with Gasteiger partial charge in [-0.25, -0.2) is 4.39 Å². The number of halogens is 1. The van der Waals surface area contributed by atoms with Gasteiger partial charge in [0.1, 0.15) is 18.2 Å². The minimum atomic E-state index is -0.305. The SMILES string of the molecule is Cc1cc(F)c2c(c1)OC[C@@H]2N. The van der Waals surface area contributed by atoms with Gasteiger partial charge in [0.05, 0.1) is 6.04 Å². The average molecular weight is 167 g/mol. The predicted molar refractivity (Wildman–Crippen MR) is 43.6 cm³/mol. The fourth-order valence-electron chi connectivity index (χ4n) is 1.46. The molecule has 1 aromatic carbocycles. The number of nitrogens with two attached hydrogens (primary N) is 1. The van der Waals surface area contributed by atoms with E-state index in [0.29, 0.717) is 17.9 Å². The molecule has 0 amide bonds. The molecule has 1 heterocycles. The Bertz CT molecular complexity index is 325. The highest BCUT2D eigenvalue weighted by atomic mass is 19.1. The van der Waals surface area contributed by atoms with E-state index in [9.17, 15) is 4.39 Å². The Kier molecular flexibility index (Phi) is 1.54. The van der Waals surface area contributed by atoms with E-state index in [1.54, 1.807) is 0 Å². The van der Waals surface area contributed by atoms with Gasteiger partial charge in [0.15, 0.2) is 0 Å². The lowest BCUT2D eigenvalue weighted by atomic mass is 10.1. The van der Waals surface area contributed by atoms with Crippen LogP contribution in [-0.4, -0.2) is 6.61 Å².